The van der Waals surface area contributed by atoms with Gasteiger partial charge in [-0.1, -0.05) is 29.8 Å². The van der Waals surface area contributed by atoms with E-state index < -0.39 is 12.2 Å². The summed E-state index contributed by atoms with van der Waals surface area (Å²) in [6.45, 7) is 3.57. The van der Waals surface area contributed by atoms with Crippen LogP contribution in [0.1, 0.15) is 25.1 Å². The zero-order valence-corrected chi connectivity index (χ0v) is 21.3. The van der Waals surface area contributed by atoms with Gasteiger partial charge in [-0.25, -0.2) is 13.8 Å². The molecule has 0 unspecified atom stereocenters. The average Bonchev–Trinajstić information content (AvgIpc) is 3.34. The minimum atomic E-state index is -2.80. The first-order chi connectivity index (χ1) is 18.5. The molecule has 0 spiro atoms. The van der Waals surface area contributed by atoms with Crippen LogP contribution in [0.25, 0.3) is 17.0 Å². The number of para-hydroxylation sites is 2. The third kappa shape index (κ3) is 5.08. The van der Waals surface area contributed by atoms with E-state index in [2.05, 4.69) is 15.0 Å². The van der Waals surface area contributed by atoms with Gasteiger partial charge in [0, 0.05) is 44.0 Å². The van der Waals surface area contributed by atoms with Crippen LogP contribution in [0.3, 0.4) is 0 Å². The van der Waals surface area contributed by atoms with E-state index in [0.717, 1.165) is 18.6 Å². The number of imidazole rings is 1. The lowest BCUT2D eigenvalue weighted by molar-refractivity contribution is 0.122. The zero-order valence-electron chi connectivity index (χ0n) is 20.5. The Morgan fingerprint density at radius 3 is 2.24 bits per heavy atom. The van der Waals surface area contributed by atoms with Gasteiger partial charge in [0.2, 0.25) is 17.8 Å². The monoisotopic (exact) mass is 541 g/mol. The fourth-order valence-corrected chi connectivity index (χ4v) is 4.98. The molecular weight excluding hydrogens is 516 g/mol. The maximum Gasteiger partial charge on any atom is 0.296 e. The van der Waals surface area contributed by atoms with Crippen LogP contribution in [0.5, 0.6) is 5.75 Å². The van der Waals surface area contributed by atoms with Crippen LogP contribution < -0.4 is 14.5 Å². The molecule has 0 amide bonds. The normalized spacial score (nSPS) is 16.9. The lowest BCUT2D eigenvalue weighted by Crippen LogP contribution is -2.41. The standard InChI is InChI=1S/C26H26ClF2N7O2/c27-17-4-3-5-19(16-17)38-18-8-10-34(11-9-18)24-31-25(35-12-14-37-15-13-35)33-26(32-24)36-21-7-2-1-6-20(21)30-23(36)22(28)29/h1-7,16,18,22H,8-15H2. The molecule has 4 heterocycles. The SMILES string of the molecule is FC(F)c1nc2ccccc2n1-c1nc(N2CCOCC2)nc(N2CCC(Oc3cccc(Cl)c3)CC2)n1. The quantitative estimate of drug-likeness (QED) is 0.348. The van der Waals surface area contributed by atoms with Crippen molar-refractivity contribution in [3.63, 3.8) is 0 Å². The Balaban J connectivity index is 1.33. The molecule has 2 aromatic carbocycles. The van der Waals surface area contributed by atoms with Crippen molar-refractivity contribution >= 4 is 34.5 Å². The topological polar surface area (TPSA) is 81.4 Å². The summed E-state index contributed by atoms with van der Waals surface area (Å²) in [6.07, 6.45) is -1.28. The lowest BCUT2D eigenvalue weighted by Gasteiger charge is -2.33. The summed E-state index contributed by atoms with van der Waals surface area (Å²) in [5.41, 5.74) is 0.971. The highest BCUT2D eigenvalue weighted by molar-refractivity contribution is 6.30. The molecule has 2 aliphatic heterocycles. The summed E-state index contributed by atoms with van der Waals surface area (Å²) >= 11 is 6.09. The third-order valence-corrected chi connectivity index (χ3v) is 6.93. The number of fused-ring (bicyclic) bond motifs is 1. The molecule has 0 saturated carbocycles. The molecular formula is C26H26ClF2N7O2. The van der Waals surface area contributed by atoms with Crippen LogP contribution in [0.15, 0.2) is 48.5 Å². The van der Waals surface area contributed by atoms with Gasteiger partial charge in [0.25, 0.3) is 6.43 Å². The average molecular weight is 542 g/mol. The number of hydrogen-bond acceptors (Lipinski definition) is 8. The fraction of sp³-hybridized carbons (Fsp3) is 0.385. The molecule has 12 heteroatoms. The van der Waals surface area contributed by atoms with E-state index in [4.69, 9.17) is 26.1 Å². The fourth-order valence-electron chi connectivity index (χ4n) is 4.80. The van der Waals surface area contributed by atoms with Gasteiger partial charge < -0.3 is 19.3 Å². The van der Waals surface area contributed by atoms with E-state index in [1.807, 2.05) is 28.0 Å². The van der Waals surface area contributed by atoms with Gasteiger partial charge in [-0.15, -0.1) is 0 Å². The van der Waals surface area contributed by atoms with Gasteiger partial charge in [-0.3, -0.25) is 4.57 Å². The summed E-state index contributed by atoms with van der Waals surface area (Å²) in [4.78, 5) is 22.3. The third-order valence-electron chi connectivity index (χ3n) is 6.70. The van der Waals surface area contributed by atoms with Crippen molar-refractivity contribution in [2.45, 2.75) is 25.4 Å². The molecule has 0 aliphatic carbocycles. The summed E-state index contributed by atoms with van der Waals surface area (Å²) in [6, 6.07) is 14.4. The Kier molecular flexibility index (Phi) is 6.94. The van der Waals surface area contributed by atoms with Crippen LogP contribution in [0.2, 0.25) is 5.02 Å². The number of nitrogens with zero attached hydrogens (tertiary/aromatic N) is 7. The molecule has 0 radical (unpaired) electrons. The maximum atomic E-state index is 14.1. The highest BCUT2D eigenvalue weighted by Crippen LogP contribution is 2.29. The molecule has 2 saturated heterocycles. The molecule has 6 rings (SSSR count). The van der Waals surface area contributed by atoms with E-state index in [0.29, 0.717) is 67.3 Å². The predicted molar refractivity (Wildman–Crippen MR) is 140 cm³/mol. The number of morpholine rings is 1. The van der Waals surface area contributed by atoms with Crippen molar-refractivity contribution in [1.29, 1.82) is 0 Å². The van der Waals surface area contributed by atoms with Crippen LogP contribution >= 0.6 is 11.6 Å². The van der Waals surface area contributed by atoms with Crippen molar-refractivity contribution in [2.24, 2.45) is 0 Å². The Bertz CT molecular complexity index is 1420. The van der Waals surface area contributed by atoms with Crippen LogP contribution in [-0.4, -0.2) is 70.0 Å². The van der Waals surface area contributed by atoms with Gasteiger partial charge >= 0.3 is 0 Å². The Labute approximate surface area is 223 Å². The molecule has 0 atom stereocenters. The second-order valence-electron chi connectivity index (χ2n) is 9.19. The molecule has 38 heavy (non-hydrogen) atoms. The number of ether oxygens (including phenoxy) is 2. The van der Waals surface area contributed by atoms with Crippen molar-refractivity contribution in [1.82, 2.24) is 24.5 Å². The molecule has 2 aromatic heterocycles. The molecule has 0 bridgehead atoms. The van der Waals surface area contributed by atoms with Crippen LogP contribution in [-0.2, 0) is 4.74 Å². The minimum absolute atomic E-state index is 0.0211. The van der Waals surface area contributed by atoms with Gasteiger partial charge in [0.15, 0.2) is 5.82 Å². The molecule has 4 aromatic rings. The van der Waals surface area contributed by atoms with Crippen LogP contribution in [0, 0.1) is 0 Å². The highest BCUT2D eigenvalue weighted by Gasteiger charge is 2.27. The number of benzene rings is 2. The summed E-state index contributed by atoms with van der Waals surface area (Å²) in [7, 11) is 0. The van der Waals surface area contributed by atoms with Crippen molar-refractivity contribution in [2.75, 3.05) is 49.2 Å². The second kappa shape index (κ2) is 10.7. The number of anilines is 2. The number of halogens is 3. The van der Waals surface area contributed by atoms with Gasteiger partial charge in [-0.2, -0.15) is 15.0 Å². The van der Waals surface area contributed by atoms with Crippen molar-refractivity contribution < 1.29 is 18.3 Å². The highest BCUT2D eigenvalue weighted by atomic mass is 35.5. The largest absolute Gasteiger partial charge is 0.490 e. The summed E-state index contributed by atoms with van der Waals surface area (Å²) < 4.78 is 41.1. The van der Waals surface area contributed by atoms with Crippen molar-refractivity contribution in [3.05, 3.63) is 59.4 Å². The first-order valence-electron chi connectivity index (χ1n) is 12.6. The Morgan fingerprint density at radius 1 is 0.842 bits per heavy atom. The van der Waals surface area contributed by atoms with Gasteiger partial charge in [-0.05, 0) is 30.3 Å². The molecule has 0 N–H and O–H groups in total. The Hall–Kier alpha value is -3.57. The summed E-state index contributed by atoms with van der Waals surface area (Å²) in [5.74, 6) is 1.33. The van der Waals surface area contributed by atoms with E-state index in [1.165, 1.54) is 4.57 Å². The number of alkyl halides is 2. The minimum Gasteiger partial charge on any atom is -0.490 e. The lowest BCUT2D eigenvalue weighted by atomic mass is 10.1. The molecule has 198 valence electrons. The van der Waals surface area contributed by atoms with E-state index in [9.17, 15) is 8.78 Å². The number of piperidine rings is 1. The predicted octanol–water partition coefficient (Wildman–Crippen LogP) is 4.69. The van der Waals surface area contributed by atoms with E-state index >= 15 is 0 Å². The number of aromatic nitrogens is 5. The number of hydrogen-bond donors (Lipinski definition) is 0. The Morgan fingerprint density at radius 2 is 1.53 bits per heavy atom. The van der Waals surface area contributed by atoms with E-state index in [1.54, 1.807) is 30.3 Å². The van der Waals surface area contributed by atoms with Gasteiger partial charge in [0.05, 0.1) is 24.2 Å². The number of rotatable bonds is 6. The summed E-state index contributed by atoms with van der Waals surface area (Å²) in [5, 5.41) is 0.628. The zero-order chi connectivity index (χ0) is 26.1. The molecule has 2 fully saturated rings. The molecule has 9 nitrogen and oxygen atoms in total. The van der Waals surface area contributed by atoms with Gasteiger partial charge in [0.1, 0.15) is 11.9 Å². The second-order valence-corrected chi connectivity index (χ2v) is 9.63. The maximum absolute atomic E-state index is 14.1. The first kappa shape index (κ1) is 24.7. The van der Waals surface area contributed by atoms with Crippen LogP contribution in [0.4, 0.5) is 20.7 Å². The van der Waals surface area contributed by atoms with Crippen molar-refractivity contribution in [3.8, 4) is 11.7 Å². The first-order valence-corrected chi connectivity index (χ1v) is 12.9. The van der Waals surface area contributed by atoms with E-state index in [-0.39, 0.29) is 12.1 Å². The molecule has 2 aliphatic rings. The smallest absolute Gasteiger partial charge is 0.296 e.